The van der Waals surface area contributed by atoms with E-state index in [0.717, 1.165) is 0 Å². The van der Waals surface area contributed by atoms with Crippen LogP contribution in [0.4, 0.5) is 0 Å². The lowest BCUT2D eigenvalue weighted by Gasteiger charge is -1.77. The summed E-state index contributed by atoms with van der Waals surface area (Å²) in [6, 6.07) is 0. The predicted octanol–water partition coefficient (Wildman–Crippen LogP) is -0.197. The maximum atomic E-state index is 9.44. The molecule has 0 fully saturated rings. The normalized spacial score (nSPS) is 10.0. The van der Waals surface area contributed by atoms with E-state index in [1.807, 2.05) is 0 Å². The lowest BCUT2D eigenvalue weighted by Crippen LogP contribution is -2.09. The molecule has 0 rings (SSSR count). The van der Waals surface area contributed by atoms with Gasteiger partial charge in [0.25, 0.3) is 5.96 Å². The largest absolute Gasteiger partial charge is 0.377 e. The van der Waals surface area contributed by atoms with Crippen LogP contribution >= 0.6 is 0 Å². The minimum Gasteiger partial charge on any atom is -0.377 e. The Morgan fingerprint density at radius 1 is 1.89 bits per heavy atom. The number of nitrogens with zero attached hydrogens (tertiary/aromatic N) is 5. The molecule has 8 heteroatoms. The van der Waals surface area contributed by atoms with E-state index in [-0.39, 0.29) is 0 Å². The Balaban J connectivity index is 4.16. The SMILES string of the molecule is [N-]=[N+]=N/C(N)=N\[N+](=O)[O-]. The number of nitrogens with two attached hydrogens (primary N) is 1. The molecular formula is CH2N6O2. The molecular weight excluding hydrogens is 128 g/mol. The third kappa shape index (κ3) is 4.02. The Hall–Kier alpha value is -1.82. The third-order valence-electron chi connectivity index (χ3n) is 0.331. The van der Waals surface area contributed by atoms with Gasteiger partial charge in [-0.05, 0) is 10.6 Å². The monoisotopic (exact) mass is 130 g/mol. The summed E-state index contributed by atoms with van der Waals surface area (Å²) in [7, 11) is 0. The van der Waals surface area contributed by atoms with Crippen molar-refractivity contribution in [2.45, 2.75) is 0 Å². The van der Waals surface area contributed by atoms with Crippen molar-refractivity contribution in [3.8, 4) is 0 Å². The zero-order chi connectivity index (χ0) is 7.28. The number of azide groups is 1. The smallest absolute Gasteiger partial charge is 0.261 e. The number of hydrogen-bond acceptors (Lipinski definition) is 2. The fourth-order valence-corrected chi connectivity index (χ4v) is 0.149. The molecule has 0 heterocycles. The first kappa shape index (κ1) is 7.18. The summed E-state index contributed by atoms with van der Waals surface area (Å²) in [5.74, 6) is -0.706. The second-order valence-corrected chi connectivity index (χ2v) is 0.885. The molecule has 0 spiro atoms. The van der Waals surface area contributed by atoms with Crippen LogP contribution in [0.2, 0.25) is 0 Å². The van der Waals surface area contributed by atoms with Gasteiger partial charge in [0.1, 0.15) is 0 Å². The maximum absolute atomic E-state index is 9.44. The van der Waals surface area contributed by atoms with Gasteiger partial charge in [-0.1, -0.05) is 0 Å². The minimum atomic E-state index is -1.05. The van der Waals surface area contributed by atoms with E-state index in [1.54, 1.807) is 0 Å². The molecule has 9 heavy (non-hydrogen) atoms. The first-order valence-corrected chi connectivity index (χ1v) is 1.70. The third-order valence-corrected chi connectivity index (χ3v) is 0.331. The molecule has 0 aliphatic rings. The summed E-state index contributed by atoms with van der Waals surface area (Å²) in [6.45, 7) is 0. The molecule has 0 bridgehead atoms. The highest BCUT2D eigenvalue weighted by Gasteiger charge is 1.91. The van der Waals surface area contributed by atoms with Crippen molar-refractivity contribution in [1.29, 1.82) is 0 Å². The molecule has 0 radical (unpaired) electrons. The molecule has 8 nitrogen and oxygen atoms in total. The van der Waals surface area contributed by atoms with E-state index in [0.29, 0.717) is 0 Å². The van der Waals surface area contributed by atoms with E-state index < -0.39 is 11.0 Å². The number of rotatable bonds is 1. The molecule has 2 N–H and O–H groups in total. The topological polar surface area (TPSA) is 130 Å². The first-order valence-electron chi connectivity index (χ1n) is 1.70. The van der Waals surface area contributed by atoms with Gasteiger partial charge in [0.05, 0.1) is 5.10 Å². The molecule has 0 aromatic rings. The number of hydrogen-bond donors (Lipinski definition) is 1. The number of hydrazone groups is 1. The summed E-state index contributed by atoms with van der Waals surface area (Å²) in [4.78, 5) is 11.6. The van der Waals surface area contributed by atoms with Gasteiger partial charge < -0.3 is 5.73 Å². The van der Waals surface area contributed by atoms with E-state index in [9.17, 15) is 10.1 Å². The molecule has 0 aliphatic carbocycles. The molecule has 0 saturated carbocycles. The van der Waals surface area contributed by atoms with Crippen molar-refractivity contribution in [1.82, 2.24) is 0 Å². The van der Waals surface area contributed by atoms with Gasteiger partial charge in [-0.2, -0.15) is 0 Å². The van der Waals surface area contributed by atoms with Crippen LogP contribution in [0, 0.1) is 10.1 Å². The average molecular weight is 130 g/mol. The Bertz CT molecular complexity index is 187. The average Bonchev–Trinajstić information content (AvgIpc) is 1.63. The quantitative estimate of drug-likeness (QED) is 0.100. The standard InChI is InChI=1S/CH2N6O2/c2-1(4-6-3)5-7(8)9/h(H2,2,5). The zero-order valence-corrected chi connectivity index (χ0v) is 4.13. The van der Waals surface area contributed by atoms with Crippen molar-refractivity contribution >= 4 is 5.96 Å². The highest BCUT2D eigenvalue weighted by atomic mass is 16.7. The van der Waals surface area contributed by atoms with Crippen LogP contribution in [0.1, 0.15) is 0 Å². The van der Waals surface area contributed by atoms with Crippen LogP contribution in [0.3, 0.4) is 0 Å². The van der Waals surface area contributed by atoms with Crippen molar-refractivity contribution in [2.24, 2.45) is 15.9 Å². The Kier molecular flexibility index (Phi) is 2.57. The van der Waals surface area contributed by atoms with Crippen LogP contribution in [-0.2, 0) is 0 Å². The fraction of sp³-hybridized carbons (Fsp3) is 0. The highest BCUT2D eigenvalue weighted by Crippen LogP contribution is 1.73. The maximum Gasteiger partial charge on any atom is 0.261 e. The van der Waals surface area contributed by atoms with Crippen LogP contribution < -0.4 is 5.73 Å². The van der Waals surface area contributed by atoms with E-state index in [2.05, 4.69) is 20.9 Å². The van der Waals surface area contributed by atoms with E-state index >= 15 is 0 Å². The van der Waals surface area contributed by atoms with Crippen molar-refractivity contribution < 1.29 is 5.03 Å². The zero-order valence-electron chi connectivity index (χ0n) is 4.13. The number of nitro groups is 1. The van der Waals surface area contributed by atoms with Crippen molar-refractivity contribution in [3.63, 3.8) is 0 Å². The summed E-state index contributed by atoms with van der Waals surface area (Å²) < 4.78 is 0. The van der Waals surface area contributed by atoms with Gasteiger partial charge in [-0.15, -0.1) is 0 Å². The van der Waals surface area contributed by atoms with Gasteiger partial charge in [0, 0.05) is 4.91 Å². The molecule has 0 aromatic carbocycles. The molecule has 0 aliphatic heterocycles. The molecule has 48 valence electrons. The van der Waals surface area contributed by atoms with Crippen molar-refractivity contribution in [2.75, 3.05) is 0 Å². The highest BCUT2D eigenvalue weighted by molar-refractivity contribution is 5.77. The summed E-state index contributed by atoms with van der Waals surface area (Å²) in [6.07, 6.45) is 0. The minimum absolute atomic E-state index is 0.706. The number of guanidine groups is 1. The van der Waals surface area contributed by atoms with Crippen LogP contribution in [-0.4, -0.2) is 11.0 Å². The van der Waals surface area contributed by atoms with Crippen LogP contribution in [0.15, 0.2) is 10.2 Å². The van der Waals surface area contributed by atoms with Gasteiger partial charge >= 0.3 is 0 Å². The molecule has 0 atom stereocenters. The Morgan fingerprint density at radius 2 is 2.44 bits per heavy atom. The Labute approximate surface area is 48.7 Å². The predicted molar refractivity (Wildman–Crippen MR) is 27.8 cm³/mol. The molecule has 0 amide bonds. The van der Waals surface area contributed by atoms with Gasteiger partial charge in [-0.25, -0.2) is 10.1 Å². The van der Waals surface area contributed by atoms with Gasteiger partial charge in [0.15, 0.2) is 5.03 Å². The molecule has 0 saturated heterocycles. The molecule has 0 unspecified atom stereocenters. The van der Waals surface area contributed by atoms with Crippen LogP contribution in [0.5, 0.6) is 0 Å². The second-order valence-electron chi connectivity index (χ2n) is 0.885. The Morgan fingerprint density at radius 3 is 2.78 bits per heavy atom. The molecule has 0 aromatic heterocycles. The van der Waals surface area contributed by atoms with Gasteiger partial charge in [-0.3, -0.25) is 0 Å². The lowest BCUT2D eigenvalue weighted by molar-refractivity contribution is -0.485. The summed E-state index contributed by atoms with van der Waals surface area (Å²) >= 11 is 0. The van der Waals surface area contributed by atoms with Crippen molar-refractivity contribution in [3.05, 3.63) is 20.6 Å². The van der Waals surface area contributed by atoms with E-state index in [4.69, 9.17) is 5.53 Å². The second kappa shape index (κ2) is 3.22. The summed E-state index contributed by atoms with van der Waals surface area (Å²) in [5, 5.41) is 13.5. The fourth-order valence-electron chi connectivity index (χ4n) is 0.149. The van der Waals surface area contributed by atoms with Gasteiger partial charge in [0.2, 0.25) is 0 Å². The van der Waals surface area contributed by atoms with E-state index in [1.165, 1.54) is 0 Å². The summed E-state index contributed by atoms with van der Waals surface area (Å²) in [5.41, 5.74) is 12.3. The first-order chi connectivity index (χ1) is 4.16. The lowest BCUT2D eigenvalue weighted by atomic mass is 11.1. The van der Waals surface area contributed by atoms with Crippen LogP contribution in [0.25, 0.3) is 10.4 Å².